The Morgan fingerprint density at radius 1 is 0.960 bits per heavy atom. The third-order valence-electron chi connectivity index (χ3n) is 5.31. The van der Waals surface area contributed by atoms with Gasteiger partial charge in [0.05, 0.1) is 5.69 Å². The molecule has 25 heavy (non-hydrogen) atoms. The van der Waals surface area contributed by atoms with Gasteiger partial charge >= 0.3 is 0 Å². The molecule has 0 radical (unpaired) electrons. The van der Waals surface area contributed by atoms with Crippen LogP contribution in [0.5, 0.6) is 0 Å². The van der Waals surface area contributed by atoms with Crippen LogP contribution in [0, 0.1) is 13.8 Å². The summed E-state index contributed by atoms with van der Waals surface area (Å²) < 4.78 is 2.73. The lowest BCUT2D eigenvalue weighted by Gasteiger charge is -2.43. The number of anilines is 1. The van der Waals surface area contributed by atoms with Crippen molar-refractivity contribution in [3.63, 3.8) is 0 Å². The zero-order valence-corrected chi connectivity index (χ0v) is 17.1. The zero-order valence-electron chi connectivity index (χ0n) is 16.2. The standard InChI is InChI=1S/C21H31N3P/c1-17-8-9-19(16-18(17)2)23-25(21(3,4)5,24-14-6-7-15-24)20-10-12-22-13-11-20/h8-13,16,23H,6-7,14-15H2,1-5H3/q+1. The number of aromatic nitrogens is 1. The smallest absolute Gasteiger partial charge is 0.209 e. The maximum atomic E-state index is 4.27. The molecule has 1 atom stereocenters. The van der Waals surface area contributed by atoms with Gasteiger partial charge in [0.1, 0.15) is 10.5 Å². The molecule has 0 spiro atoms. The highest BCUT2D eigenvalue weighted by Crippen LogP contribution is 2.70. The van der Waals surface area contributed by atoms with Crippen molar-refractivity contribution in [2.75, 3.05) is 18.2 Å². The minimum atomic E-state index is -1.79. The second-order valence-corrected chi connectivity index (χ2v) is 12.0. The van der Waals surface area contributed by atoms with Crippen LogP contribution in [0.25, 0.3) is 0 Å². The van der Waals surface area contributed by atoms with E-state index in [1.165, 1.54) is 48.0 Å². The van der Waals surface area contributed by atoms with Gasteiger partial charge in [-0.1, -0.05) is 6.07 Å². The molecule has 0 amide bonds. The molecule has 0 bridgehead atoms. The minimum absolute atomic E-state index is 0.123. The average molecular weight is 356 g/mol. The van der Waals surface area contributed by atoms with Crippen molar-refractivity contribution >= 4 is 18.6 Å². The Kier molecular flexibility index (Phi) is 5.18. The molecule has 1 saturated heterocycles. The Morgan fingerprint density at radius 2 is 1.60 bits per heavy atom. The van der Waals surface area contributed by atoms with E-state index in [1.54, 1.807) is 0 Å². The fourth-order valence-electron chi connectivity index (χ4n) is 3.84. The van der Waals surface area contributed by atoms with E-state index in [9.17, 15) is 0 Å². The van der Waals surface area contributed by atoms with Crippen molar-refractivity contribution in [3.8, 4) is 0 Å². The number of aryl methyl sites for hydroxylation is 2. The Labute approximate surface area is 153 Å². The van der Waals surface area contributed by atoms with E-state index in [-0.39, 0.29) is 5.16 Å². The topological polar surface area (TPSA) is 28.2 Å². The van der Waals surface area contributed by atoms with Crippen LogP contribution in [-0.2, 0) is 0 Å². The van der Waals surface area contributed by atoms with Crippen LogP contribution < -0.4 is 10.4 Å². The lowest BCUT2D eigenvalue weighted by Crippen LogP contribution is -2.43. The number of nitrogens with one attached hydrogen (secondary N) is 1. The Hall–Kier alpha value is -1.44. The zero-order chi connectivity index (χ0) is 18.1. The van der Waals surface area contributed by atoms with Gasteiger partial charge < -0.3 is 0 Å². The lowest BCUT2D eigenvalue weighted by molar-refractivity contribution is 0.534. The fraction of sp³-hybridized carbons (Fsp3) is 0.476. The summed E-state index contributed by atoms with van der Waals surface area (Å²) in [4.78, 5) is 4.27. The first-order valence-electron chi connectivity index (χ1n) is 9.25. The van der Waals surface area contributed by atoms with Gasteiger partial charge in [-0.15, -0.1) is 0 Å². The van der Waals surface area contributed by atoms with E-state index < -0.39 is 7.56 Å². The summed E-state index contributed by atoms with van der Waals surface area (Å²) in [7, 11) is -1.79. The normalized spacial score (nSPS) is 18.1. The van der Waals surface area contributed by atoms with Gasteiger partial charge in [-0.2, -0.15) is 4.67 Å². The summed E-state index contributed by atoms with van der Waals surface area (Å²) in [6, 6.07) is 11.2. The molecule has 3 nitrogen and oxygen atoms in total. The molecule has 2 heterocycles. The highest BCUT2D eigenvalue weighted by Gasteiger charge is 2.58. The predicted octanol–water partition coefficient (Wildman–Crippen LogP) is 5.18. The van der Waals surface area contributed by atoms with Crippen molar-refractivity contribution in [1.82, 2.24) is 9.65 Å². The monoisotopic (exact) mass is 356 g/mol. The van der Waals surface area contributed by atoms with Crippen LogP contribution in [-0.4, -0.2) is 27.9 Å². The van der Waals surface area contributed by atoms with Crippen molar-refractivity contribution < 1.29 is 0 Å². The Morgan fingerprint density at radius 3 is 2.16 bits per heavy atom. The molecule has 0 saturated carbocycles. The lowest BCUT2D eigenvalue weighted by atomic mass is 10.1. The third-order valence-corrected chi connectivity index (χ3v) is 10.1. The van der Waals surface area contributed by atoms with E-state index in [4.69, 9.17) is 0 Å². The van der Waals surface area contributed by atoms with Gasteiger partial charge in [0.15, 0.2) is 0 Å². The number of hydrogen-bond acceptors (Lipinski definition) is 3. The number of hydrogen-bond donors (Lipinski definition) is 1. The van der Waals surface area contributed by atoms with E-state index >= 15 is 0 Å². The van der Waals surface area contributed by atoms with Crippen molar-refractivity contribution in [2.45, 2.75) is 52.6 Å². The van der Waals surface area contributed by atoms with Crippen LogP contribution in [0.4, 0.5) is 5.69 Å². The second-order valence-electron chi connectivity index (χ2n) is 8.08. The molecule has 1 aromatic heterocycles. The van der Waals surface area contributed by atoms with E-state index in [0.717, 1.165) is 0 Å². The molecule has 1 aromatic carbocycles. The van der Waals surface area contributed by atoms with E-state index in [1.807, 2.05) is 12.4 Å². The first-order valence-corrected chi connectivity index (χ1v) is 11.0. The summed E-state index contributed by atoms with van der Waals surface area (Å²) >= 11 is 0. The van der Waals surface area contributed by atoms with E-state index in [0.29, 0.717) is 0 Å². The molecule has 1 fully saturated rings. The first-order chi connectivity index (χ1) is 11.8. The van der Waals surface area contributed by atoms with Crippen molar-refractivity contribution in [3.05, 3.63) is 53.9 Å². The molecule has 1 unspecified atom stereocenters. The molecule has 3 rings (SSSR count). The van der Waals surface area contributed by atoms with Crippen LogP contribution >= 0.6 is 7.56 Å². The quantitative estimate of drug-likeness (QED) is 0.765. The maximum Gasteiger partial charge on any atom is 0.209 e. The maximum absolute atomic E-state index is 4.27. The Balaban J connectivity index is 2.14. The molecule has 0 aliphatic carbocycles. The van der Waals surface area contributed by atoms with Gasteiger partial charge in [0, 0.05) is 37.6 Å². The number of nitrogens with zero attached hydrogens (tertiary/aromatic N) is 2. The molecule has 134 valence electrons. The number of benzene rings is 1. The summed E-state index contributed by atoms with van der Waals surface area (Å²) in [5.41, 5.74) is 3.92. The van der Waals surface area contributed by atoms with Gasteiger partial charge in [-0.3, -0.25) is 4.98 Å². The predicted molar refractivity (Wildman–Crippen MR) is 111 cm³/mol. The van der Waals surface area contributed by atoms with Gasteiger partial charge in [-0.05, 0) is 70.7 Å². The van der Waals surface area contributed by atoms with Gasteiger partial charge in [0.2, 0.25) is 7.56 Å². The summed E-state index contributed by atoms with van der Waals surface area (Å²) in [6.45, 7) is 13.9. The SMILES string of the molecule is Cc1ccc(N[P+](c2ccncc2)(N2CCCC2)C(C)(C)C)cc1C. The van der Waals surface area contributed by atoms with Crippen LogP contribution in [0.1, 0.15) is 44.7 Å². The minimum Gasteiger partial charge on any atom is -0.264 e. The fourth-order valence-corrected chi connectivity index (χ4v) is 8.35. The Bertz CT molecular complexity index is 718. The average Bonchev–Trinajstić information content (AvgIpc) is 3.10. The highest BCUT2D eigenvalue weighted by molar-refractivity contribution is 7.83. The first kappa shape index (κ1) is 18.4. The van der Waals surface area contributed by atoms with Gasteiger partial charge in [0.25, 0.3) is 0 Å². The number of rotatable bonds is 4. The van der Waals surface area contributed by atoms with E-state index in [2.05, 4.69) is 79.7 Å². The molecule has 2 aromatic rings. The number of pyridine rings is 1. The van der Waals surface area contributed by atoms with Gasteiger partial charge in [-0.25, -0.2) is 5.09 Å². The summed E-state index contributed by atoms with van der Waals surface area (Å²) in [6.07, 6.45) is 6.46. The molecular formula is C21H31N3P+. The summed E-state index contributed by atoms with van der Waals surface area (Å²) in [5.74, 6) is 0. The largest absolute Gasteiger partial charge is 0.264 e. The van der Waals surface area contributed by atoms with Crippen molar-refractivity contribution in [2.24, 2.45) is 0 Å². The molecule has 4 heteroatoms. The second kappa shape index (κ2) is 7.05. The third kappa shape index (κ3) is 3.45. The molecule has 1 N–H and O–H groups in total. The molecule has 1 aliphatic heterocycles. The van der Waals surface area contributed by atoms with Crippen LogP contribution in [0.15, 0.2) is 42.7 Å². The van der Waals surface area contributed by atoms with Crippen molar-refractivity contribution in [1.29, 1.82) is 0 Å². The highest BCUT2D eigenvalue weighted by atomic mass is 31.2. The molecular weight excluding hydrogens is 325 g/mol. The van der Waals surface area contributed by atoms with Crippen LogP contribution in [0.2, 0.25) is 0 Å². The molecule has 1 aliphatic rings. The summed E-state index contributed by atoms with van der Waals surface area (Å²) in [5, 5.41) is 5.59. The van der Waals surface area contributed by atoms with Crippen LogP contribution in [0.3, 0.4) is 0 Å².